The highest BCUT2D eigenvalue weighted by molar-refractivity contribution is 6.09. The highest BCUT2D eigenvalue weighted by Gasteiger charge is 2.10. The van der Waals surface area contributed by atoms with Gasteiger partial charge in [-0.15, -0.1) is 0 Å². The summed E-state index contributed by atoms with van der Waals surface area (Å²) in [5, 5.41) is 12.2. The number of carbonyl (C=O) groups excluding carboxylic acids is 1. The summed E-state index contributed by atoms with van der Waals surface area (Å²) in [4.78, 5) is 14.7. The number of benzene rings is 2. The van der Waals surface area contributed by atoms with Crippen molar-refractivity contribution in [3.63, 3.8) is 0 Å². The van der Waals surface area contributed by atoms with Gasteiger partial charge in [0, 0.05) is 24.5 Å². The predicted molar refractivity (Wildman–Crippen MR) is 113 cm³/mol. The smallest absolute Gasteiger partial charge is 0.266 e. The van der Waals surface area contributed by atoms with Crippen molar-refractivity contribution in [3.05, 3.63) is 65.2 Å². The molecule has 0 unspecified atom stereocenters. The zero-order valence-electron chi connectivity index (χ0n) is 16.5. The lowest BCUT2D eigenvalue weighted by molar-refractivity contribution is -0.112. The van der Waals surface area contributed by atoms with Crippen LogP contribution < -0.4 is 10.2 Å². The first-order chi connectivity index (χ1) is 13.0. The van der Waals surface area contributed by atoms with Crippen LogP contribution in [0.25, 0.3) is 6.08 Å². The fourth-order valence-corrected chi connectivity index (χ4v) is 2.84. The molecule has 0 saturated heterocycles. The van der Waals surface area contributed by atoms with Crippen LogP contribution in [0, 0.1) is 11.3 Å². The topological polar surface area (TPSA) is 56.1 Å². The van der Waals surface area contributed by atoms with Gasteiger partial charge in [0.15, 0.2) is 0 Å². The highest BCUT2D eigenvalue weighted by Crippen LogP contribution is 2.19. The Hall–Kier alpha value is -3.06. The van der Waals surface area contributed by atoms with Crippen LogP contribution in [0.4, 0.5) is 11.4 Å². The van der Waals surface area contributed by atoms with E-state index in [4.69, 9.17) is 0 Å². The second-order valence-corrected chi connectivity index (χ2v) is 6.66. The van der Waals surface area contributed by atoms with Gasteiger partial charge in [0.1, 0.15) is 11.6 Å². The number of amides is 1. The molecule has 2 rings (SSSR count). The Morgan fingerprint density at radius 2 is 1.67 bits per heavy atom. The maximum Gasteiger partial charge on any atom is 0.266 e. The lowest BCUT2D eigenvalue weighted by Crippen LogP contribution is -2.21. The summed E-state index contributed by atoms with van der Waals surface area (Å²) in [6.07, 6.45) is 1.61. The SMILES string of the molecule is CCN(CC)c1ccc(NC(=O)/C(C#N)=C/c2ccc(C(C)C)cc2)cc1. The largest absolute Gasteiger partial charge is 0.372 e. The Bertz CT molecular complexity index is 823. The van der Waals surface area contributed by atoms with Gasteiger partial charge in [-0.2, -0.15) is 5.26 Å². The van der Waals surface area contributed by atoms with E-state index in [2.05, 4.69) is 37.9 Å². The maximum absolute atomic E-state index is 12.4. The number of rotatable bonds is 7. The number of hydrogen-bond donors (Lipinski definition) is 1. The van der Waals surface area contributed by atoms with E-state index < -0.39 is 5.91 Å². The Balaban J connectivity index is 2.11. The molecule has 4 nitrogen and oxygen atoms in total. The van der Waals surface area contributed by atoms with Crippen molar-refractivity contribution in [3.8, 4) is 6.07 Å². The minimum atomic E-state index is -0.402. The maximum atomic E-state index is 12.4. The number of nitrogens with one attached hydrogen (secondary N) is 1. The Labute approximate surface area is 162 Å². The summed E-state index contributed by atoms with van der Waals surface area (Å²) < 4.78 is 0. The molecule has 0 aliphatic rings. The molecule has 0 saturated carbocycles. The zero-order chi connectivity index (χ0) is 19.8. The molecule has 0 aliphatic carbocycles. The summed E-state index contributed by atoms with van der Waals surface area (Å²) >= 11 is 0. The Morgan fingerprint density at radius 3 is 2.15 bits per heavy atom. The van der Waals surface area contributed by atoms with Gasteiger partial charge in [-0.1, -0.05) is 38.1 Å². The van der Waals surface area contributed by atoms with Gasteiger partial charge in [-0.3, -0.25) is 4.79 Å². The summed E-state index contributed by atoms with van der Waals surface area (Å²) in [6, 6.07) is 17.6. The second kappa shape index (κ2) is 9.59. The molecule has 0 atom stereocenters. The molecule has 1 amide bonds. The van der Waals surface area contributed by atoms with Crippen molar-refractivity contribution in [2.75, 3.05) is 23.3 Å². The first kappa shape index (κ1) is 20.3. The fraction of sp³-hybridized carbons (Fsp3) is 0.304. The van der Waals surface area contributed by atoms with Crippen LogP contribution in [-0.2, 0) is 4.79 Å². The predicted octanol–water partition coefficient (Wildman–Crippen LogP) is 5.20. The van der Waals surface area contributed by atoms with Crippen LogP contribution in [0.5, 0.6) is 0 Å². The van der Waals surface area contributed by atoms with Gasteiger partial charge in [0.05, 0.1) is 0 Å². The molecule has 0 spiro atoms. The monoisotopic (exact) mass is 361 g/mol. The molecule has 2 aromatic carbocycles. The lowest BCUT2D eigenvalue weighted by atomic mass is 10.0. The third kappa shape index (κ3) is 5.46. The second-order valence-electron chi connectivity index (χ2n) is 6.66. The first-order valence-corrected chi connectivity index (χ1v) is 9.36. The molecule has 0 aliphatic heterocycles. The van der Waals surface area contributed by atoms with E-state index in [9.17, 15) is 10.1 Å². The van der Waals surface area contributed by atoms with Gasteiger partial charge in [-0.25, -0.2) is 0 Å². The minimum Gasteiger partial charge on any atom is -0.372 e. The number of nitrogens with zero attached hydrogens (tertiary/aromatic N) is 2. The summed E-state index contributed by atoms with van der Waals surface area (Å²) in [5.74, 6) is 0.0436. The van der Waals surface area contributed by atoms with E-state index in [-0.39, 0.29) is 5.57 Å². The van der Waals surface area contributed by atoms with Crippen LogP contribution in [0.2, 0.25) is 0 Å². The molecule has 2 aromatic rings. The third-order valence-electron chi connectivity index (χ3n) is 4.53. The average Bonchev–Trinajstić information content (AvgIpc) is 2.68. The van der Waals surface area contributed by atoms with Crippen molar-refractivity contribution in [2.45, 2.75) is 33.6 Å². The molecular weight excluding hydrogens is 334 g/mol. The van der Waals surface area contributed by atoms with Gasteiger partial charge < -0.3 is 10.2 Å². The van der Waals surface area contributed by atoms with Crippen molar-refractivity contribution in [1.82, 2.24) is 0 Å². The van der Waals surface area contributed by atoms with Gasteiger partial charge in [-0.05, 0) is 61.2 Å². The van der Waals surface area contributed by atoms with Crippen molar-refractivity contribution in [2.24, 2.45) is 0 Å². The van der Waals surface area contributed by atoms with E-state index in [1.807, 2.05) is 54.6 Å². The van der Waals surface area contributed by atoms with Crippen molar-refractivity contribution in [1.29, 1.82) is 5.26 Å². The molecular formula is C23H27N3O. The molecule has 0 fully saturated rings. The van der Waals surface area contributed by atoms with E-state index in [1.165, 1.54) is 5.56 Å². The number of carbonyl (C=O) groups is 1. The van der Waals surface area contributed by atoms with Gasteiger partial charge in [0.2, 0.25) is 0 Å². The van der Waals surface area contributed by atoms with Crippen LogP contribution in [0.1, 0.15) is 44.7 Å². The minimum absolute atomic E-state index is 0.0834. The number of anilines is 2. The van der Waals surface area contributed by atoms with Crippen molar-refractivity contribution < 1.29 is 4.79 Å². The van der Waals surface area contributed by atoms with Gasteiger partial charge in [0.25, 0.3) is 5.91 Å². The summed E-state index contributed by atoms with van der Waals surface area (Å²) in [7, 11) is 0. The first-order valence-electron chi connectivity index (χ1n) is 9.36. The van der Waals surface area contributed by atoms with E-state index in [0.29, 0.717) is 11.6 Å². The Kier molecular flexibility index (Phi) is 7.19. The van der Waals surface area contributed by atoms with Crippen molar-refractivity contribution >= 4 is 23.4 Å². The van der Waals surface area contributed by atoms with Crippen LogP contribution in [0.15, 0.2) is 54.1 Å². The highest BCUT2D eigenvalue weighted by atomic mass is 16.1. The van der Waals surface area contributed by atoms with E-state index in [0.717, 1.165) is 24.3 Å². The number of nitriles is 1. The quantitative estimate of drug-likeness (QED) is 0.544. The molecule has 1 N–H and O–H groups in total. The zero-order valence-corrected chi connectivity index (χ0v) is 16.5. The van der Waals surface area contributed by atoms with E-state index in [1.54, 1.807) is 6.08 Å². The van der Waals surface area contributed by atoms with Crippen LogP contribution in [0.3, 0.4) is 0 Å². The molecule has 0 radical (unpaired) electrons. The molecule has 0 aromatic heterocycles. The fourth-order valence-electron chi connectivity index (χ4n) is 2.84. The normalized spacial score (nSPS) is 11.2. The lowest BCUT2D eigenvalue weighted by Gasteiger charge is -2.21. The van der Waals surface area contributed by atoms with Gasteiger partial charge >= 0.3 is 0 Å². The van der Waals surface area contributed by atoms with Crippen LogP contribution >= 0.6 is 0 Å². The van der Waals surface area contributed by atoms with Crippen LogP contribution in [-0.4, -0.2) is 19.0 Å². The molecule has 0 bridgehead atoms. The summed E-state index contributed by atoms with van der Waals surface area (Å²) in [5.41, 5.74) is 3.93. The standard InChI is InChI=1S/C23H27N3O/c1-5-26(6-2)22-13-11-21(12-14-22)25-23(27)20(16-24)15-18-7-9-19(10-8-18)17(3)4/h7-15,17H,5-6H2,1-4H3,(H,25,27)/b20-15+. The molecule has 0 heterocycles. The summed E-state index contributed by atoms with van der Waals surface area (Å²) in [6.45, 7) is 10.3. The molecule has 4 heteroatoms. The molecule has 140 valence electrons. The molecule has 27 heavy (non-hydrogen) atoms. The third-order valence-corrected chi connectivity index (χ3v) is 4.53. The van der Waals surface area contributed by atoms with E-state index >= 15 is 0 Å². The average molecular weight is 361 g/mol. The Morgan fingerprint density at radius 1 is 1.07 bits per heavy atom. The number of hydrogen-bond acceptors (Lipinski definition) is 3.